The fraction of sp³-hybridized carbons (Fsp3) is 0.450. The van der Waals surface area contributed by atoms with Gasteiger partial charge in [-0.2, -0.15) is 4.98 Å². The van der Waals surface area contributed by atoms with Crippen LogP contribution in [0.15, 0.2) is 33.9 Å². The Balaban J connectivity index is 1.39. The molecule has 0 saturated heterocycles. The lowest BCUT2D eigenvalue weighted by Crippen LogP contribution is -2.38. The van der Waals surface area contributed by atoms with Crippen LogP contribution in [0, 0.1) is 5.82 Å². The van der Waals surface area contributed by atoms with Gasteiger partial charge in [-0.05, 0) is 36.6 Å². The number of halogens is 1. The molecule has 3 N–H and O–H groups in total. The minimum Gasteiger partial charge on any atom is -0.361 e. The molecule has 2 heterocycles. The van der Waals surface area contributed by atoms with Crippen LogP contribution in [0.4, 0.5) is 4.39 Å². The number of guanidine groups is 1. The number of nitrogens with one attached hydrogen (secondary N) is 3. The molecule has 0 aliphatic carbocycles. The van der Waals surface area contributed by atoms with Gasteiger partial charge in [0.05, 0.1) is 0 Å². The molecule has 0 radical (unpaired) electrons. The second-order valence-corrected chi connectivity index (χ2v) is 6.98. The van der Waals surface area contributed by atoms with Crippen molar-refractivity contribution in [3.05, 3.63) is 47.5 Å². The average Bonchev–Trinajstić information content (AvgIpc) is 3.30. The Morgan fingerprint density at radius 2 is 2.07 bits per heavy atom. The smallest absolute Gasteiger partial charge is 0.226 e. The van der Waals surface area contributed by atoms with Gasteiger partial charge in [0.15, 0.2) is 11.8 Å². The molecule has 3 rings (SSSR count). The zero-order valence-electron chi connectivity index (χ0n) is 16.6. The number of aromatic amines is 1. The summed E-state index contributed by atoms with van der Waals surface area (Å²) in [7, 11) is 1.75. The quantitative estimate of drug-likeness (QED) is 0.314. The number of fused-ring (bicyclic) bond motifs is 1. The van der Waals surface area contributed by atoms with Gasteiger partial charge in [0.25, 0.3) is 0 Å². The number of H-pyrrole nitrogens is 1. The third-order valence-electron chi connectivity index (χ3n) is 4.50. The Labute approximate surface area is 163 Å². The van der Waals surface area contributed by atoms with Crippen molar-refractivity contribution in [1.82, 2.24) is 25.8 Å². The molecule has 0 spiro atoms. The van der Waals surface area contributed by atoms with E-state index in [0.717, 1.165) is 60.6 Å². The van der Waals surface area contributed by atoms with E-state index < -0.39 is 0 Å². The highest BCUT2D eigenvalue weighted by Crippen LogP contribution is 2.19. The highest BCUT2D eigenvalue weighted by Gasteiger charge is 2.09. The SMILES string of the molecule is CN=C(NCCCc1nc(C(C)C)no1)NCCc1c[nH]c2cc(F)ccc12. The lowest BCUT2D eigenvalue weighted by atomic mass is 10.1. The predicted octanol–water partition coefficient (Wildman–Crippen LogP) is 3.15. The van der Waals surface area contributed by atoms with Gasteiger partial charge < -0.3 is 20.1 Å². The Morgan fingerprint density at radius 1 is 1.25 bits per heavy atom. The molecule has 2 aromatic heterocycles. The lowest BCUT2D eigenvalue weighted by Gasteiger charge is -2.11. The lowest BCUT2D eigenvalue weighted by molar-refractivity contribution is 0.368. The van der Waals surface area contributed by atoms with Crippen LogP contribution in [0.2, 0.25) is 0 Å². The monoisotopic (exact) mass is 386 g/mol. The second-order valence-electron chi connectivity index (χ2n) is 6.98. The highest BCUT2D eigenvalue weighted by atomic mass is 19.1. The number of hydrogen-bond acceptors (Lipinski definition) is 4. The summed E-state index contributed by atoms with van der Waals surface area (Å²) in [6.45, 7) is 5.57. The molecular formula is C20H27FN6O. The molecule has 0 aliphatic rings. The summed E-state index contributed by atoms with van der Waals surface area (Å²) < 4.78 is 18.5. The van der Waals surface area contributed by atoms with E-state index in [4.69, 9.17) is 4.52 Å². The summed E-state index contributed by atoms with van der Waals surface area (Å²) in [5.74, 6) is 2.21. The molecule has 0 fully saturated rings. The molecular weight excluding hydrogens is 359 g/mol. The third kappa shape index (κ3) is 5.09. The first-order valence-corrected chi connectivity index (χ1v) is 9.59. The molecule has 0 bridgehead atoms. The first-order valence-electron chi connectivity index (χ1n) is 9.59. The average molecular weight is 386 g/mol. The maximum Gasteiger partial charge on any atom is 0.226 e. The molecule has 8 heteroatoms. The zero-order chi connectivity index (χ0) is 19.9. The Hall–Kier alpha value is -2.90. The standard InChI is InChI=1S/C20H27FN6O/c1-13(2)19-26-18(28-27-19)5-4-9-23-20(22-3)24-10-8-14-12-25-17-11-15(21)6-7-16(14)17/h6-7,11-13,25H,4-5,8-10H2,1-3H3,(H2,22,23,24). The van der Waals surface area contributed by atoms with Gasteiger partial charge in [-0.3, -0.25) is 4.99 Å². The van der Waals surface area contributed by atoms with Crippen molar-refractivity contribution in [3.63, 3.8) is 0 Å². The number of aryl methyl sites for hydroxylation is 1. The van der Waals surface area contributed by atoms with Gasteiger partial charge in [0.2, 0.25) is 5.89 Å². The maximum atomic E-state index is 13.3. The zero-order valence-corrected chi connectivity index (χ0v) is 16.6. The van der Waals surface area contributed by atoms with Crippen molar-refractivity contribution in [2.75, 3.05) is 20.1 Å². The van der Waals surface area contributed by atoms with Gasteiger partial charge in [-0.1, -0.05) is 19.0 Å². The molecule has 0 saturated carbocycles. The van der Waals surface area contributed by atoms with Gasteiger partial charge in [0, 0.05) is 49.6 Å². The molecule has 7 nitrogen and oxygen atoms in total. The topological polar surface area (TPSA) is 91.1 Å². The number of hydrogen-bond donors (Lipinski definition) is 3. The Bertz CT molecular complexity index is 930. The first kappa shape index (κ1) is 19.9. The number of nitrogens with zero attached hydrogens (tertiary/aromatic N) is 3. The molecule has 0 unspecified atom stereocenters. The molecule has 0 aliphatic heterocycles. The largest absolute Gasteiger partial charge is 0.361 e. The van der Waals surface area contributed by atoms with Gasteiger partial charge >= 0.3 is 0 Å². The van der Waals surface area contributed by atoms with Crippen LogP contribution in [0.5, 0.6) is 0 Å². The van der Waals surface area contributed by atoms with E-state index in [1.54, 1.807) is 7.05 Å². The molecule has 1 aromatic carbocycles. The fourth-order valence-corrected chi connectivity index (χ4v) is 2.95. The van der Waals surface area contributed by atoms with Crippen LogP contribution in [0.3, 0.4) is 0 Å². The van der Waals surface area contributed by atoms with E-state index in [1.165, 1.54) is 12.1 Å². The number of rotatable bonds is 8. The van der Waals surface area contributed by atoms with Gasteiger partial charge in [0.1, 0.15) is 5.82 Å². The van der Waals surface area contributed by atoms with E-state index in [9.17, 15) is 4.39 Å². The van der Waals surface area contributed by atoms with E-state index >= 15 is 0 Å². The fourth-order valence-electron chi connectivity index (χ4n) is 2.95. The maximum absolute atomic E-state index is 13.3. The number of aromatic nitrogens is 3. The predicted molar refractivity (Wildman–Crippen MR) is 108 cm³/mol. The summed E-state index contributed by atoms with van der Waals surface area (Å²) in [6, 6.07) is 4.81. The van der Waals surface area contributed by atoms with Crippen LogP contribution in [0.25, 0.3) is 10.9 Å². The molecule has 0 atom stereocenters. The van der Waals surface area contributed by atoms with Crippen LogP contribution < -0.4 is 10.6 Å². The van der Waals surface area contributed by atoms with Crippen molar-refractivity contribution >= 4 is 16.9 Å². The normalized spacial score (nSPS) is 12.1. The second kappa shape index (κ2) is 9.34. The first-order chi connectivity index (χ1) is 13.6. The van der Waals surface area contributed by atoms with E-state index in [0.29, 0.717) is 5.89 Å². The minimum absolute atomic E-state index is 0.232. The minimum atomic E-state index is -0.232. The summed E-state index contributed by atoms with van der Waals surface area (Å²) in [4.78, 5) is 11.7. The highest BCUT2D eigenvalue weighted by molar-refractivity contribution is 5.83. The van der Waals surface area contributed by atoms with E-state index in [2.05, 4.69) is 30.8 Å². The van der Waals surface area contributed by atoms with Crippen molar-refractivity contribution < 1.29 is 8.91 Å². The van der Waals surface area contributed by atoms with Crippen molar-refractivity contribution in [2.45, 2.75) is 39.0 Å². The van der Waals surface area contributed by atoms with Crippen LogP contribution in [-0.4, -0.2) is 41.2 Å². The summed E-state index contributed by atoms with van der Waals surface area (Å²) in [5, 5.41) is 11.6. The van der Waals surface area contributed by atoms with Crippen LogP contribution in [0.1, 0.15) is 43.5 Å². The van der Waals surface area contributed by atoms with Crippen LogP contribution >= 0.6 is 0 Å². The molecule has 28 heavy (non-hydrogen) atoms. The van der Waals surface area contributed by atoms with E-state index in [1.807, 2.05) is 26.1 Å². The molecule has 0 amide bonds. The van der Waals surface area contributed by atoms with Gasteiger partial charge in [-0.15, -0.1) is 0 Å². The van der Waals surface area contributed by atoms with Crippen molar-refractivity contribution in [1.29, 1.82) is 0 Å². The molecule has 150 valence electrons. The summed E-state index contributed by atoms with van der Waals surface area (Å²) in [5.41, 5.74) is 1.97. The third-order valence-corrected chi connectivity index (χ3v) is 4.50. The number of benzene rings is 1. The number of aliphatic imine (C=N–C) groups is 1. The Morgan fingerprint density at radius 3 is 2.82 bits per heavy atom. The van der Waals surface area contributed by atoms with Gasteiger partial charge in [-0.25, -0.2) is 4.39 Å². The van der Waals surface area contributed by atoms with Crippen molar-refractivity contribution in [2.24, 2.45) is 4.99 Å². The molecule has 3 aromatic rings. The van der Waals surface area contributed by atoms with Crippen LogP contribution in [-0.2, 0) is 12.8 Å². The summed E-state index contributed by atoms with van der Waals surface area (Å²) in [6.07, 6.45) is 4.34. The van der Waals surface area contributed by atoms with E-state index in [-0.39, 0.29) is 11.7 Å². The van der Waals surface area contributed by atoms with Crippen molar-refractivity contribution in [3.8, 4) is 0 Å². The Kier molecular flexibility index (Phi) is 6.62. The summed E-state index contributed by atoms with van der Waals surface area (Å²) >= 11 is 0.